The largest absolute Gasteiger partial charge is 0.493 e. The number of methoxy groups -OCH3 is 2. The van der Waals surface area contributed by atoms with Crippen LogP contribution in [-0.2, 0) is 0 Å². The van der Waals surface area contributed by atoms with E-state index in [0.717, 1.165) is 34.9 Å². The minimum absolute atomic E-state index is 0.00771. The highest BCUT2D eigenvalue weighted by atomic mass is 35.5. The van der Waals surface area contributed by atoms with E-state index < -0.39 is 0 Å². The first-order chi connectivity index (χ1) is 13.2. The SMILES string of the molecule is COc1cccc([C@@H]2CC(c3cccs3)=NN2c2ccc(Cl)cc2)c1OC. The zero-order valence-electron chi connectivity index (χ0n) is 15.1. The topological polar surface area (TPSA) is 34.1 Å². The Bertz CT molecular complexity index is 955. The molecule has 0 saturated carbocycles. The van der Waals surface area contributed by atoms with E-state index in [1.54, 1.807) is 25.6 Å². The summed E-state index contributed by atoms with van der Waals surface area (Å²) in [5.41, 5.74) is 3.10. The first kappa shape index (κ1) is 17.9. The van der Waals surface area contributed by atoms with E-state index in [1.807, 2.05) is 41.4 Å². The van der Waals surface area contributed by atoms with Crippen molar-refractivity contribution in [1.29, 1.82) is 0 Å². The van der Waals surface area contributed by atoms with Crippen molar-refractivity contribution in [3.8, 4) is 11.5 Å². The maximum atomic E-state index is 6.08. The molecule has 6 heteroatoms. The second-order valence-electron chi connectivity index (χ2n) is 6.15. The normalized spacial score (nSPS) is 16.3. The van der Waals surface area contributed by atoms with Gasteiger partial charge < -0.3 is 9.47 Å². The molecule has 1 aliphatic heterocycles. The van der Waals surface area contributed by atoms with Crippen LogP contribution < -0.4 is 14.5 Å². The lowest BCUT2D eigenvalue weighted by atomic mass is 9.99. The highest BCUT2D eigenvalue weighted by Crippen LogP contribution is 2.43. The van der Waals surface area contributed by atoms with Crippen LogP contribution in [0.15, 0.2) is 65.1 Å². The summed E-state index contributed by atoms with van der Waals surface area (Å²) in [6, 6.07) is 17.9. The molecule has 0 spiro atoms. The van der Waals surface area contributed by atoms with Crippen LogP contribution in [0.2, 0.25) is 5.02 Å². The number of benzene rings is 2. The molecule has 0 radical (unpaired) electrons. The third-order valence-electron chi connectivity index (χ3n) is 4.60. The molecular weight excluding hydrogens is 380 g/mol. The molecule has 1 atom stereocenters. The van der Waals surface area contributed by atoms with Gasteiger partial charge in [0.15, 0.2) is 11.5 Å². The molecule has 0 unspecified atom stereocenters. The quantitative estimate of drug-likeness (QED) is 0.546. The molecule has 0 bridgehead atoms. The fourth-order valence-corrected chi connectivity index (χ4v) is 4.20. The van der Waals surface area contributed by atoms with Crippen molar-refractivity contribution in [3.63, 3.8) is 0 Å². The lowest BCUT2D eigenvalue weighted by molar-refractivity contribution is 0.349. The predicted molar refractivity (Wildman–Crippen MR) is 112 cm³/mol. The van der Waals surface area contributed by atoms with Gasteiger partial charge in [-0.15, -0.1) is 11.3 Å². The number of rotatable bonds is 5. The summed E-state index contributed by atoms with van der Waals surface area (Å²) in [7, 11) is 3.32. The summed E-state index contributed by atoms with van der Waals surface area (Å²) in [4.78, 5) is 1.18. The molecule has 27 heavy (non-hydrogen) atoms. The van der Waals surface area contributed by atoms with Crippen LogP contribution in [0, 0.1) is 0 Å². The van der Waals surface area contributed by atoms with Gasteiger partial charge in [-0.05, 0) is 41.8 Å². The molecule has 0 fully saturated rings. The van der Waals surface area contributed by atoms with Gasteiger partial charge in [-0.25, -0.2) is 0 Å². The van der Waals surface area contributed by atoms with Gasteiger partial charge in [-0.1, -0.05) is 29.8 Å². The Kier molecular flexibility index (Phi) is 5.05. The molecule has 0 N–H and O–H groups in total. The van der Waals surface area contributed by atoms with E-state index in [1.165, 1.54) is 4.88 Å². The Balaban J connectivity index is 1.80. The maximum Gasteiger partial charge on any atom is 0.166 e. The van der Waals surface area contributed by atoms with Crippen LogP contribution in [-0.4, -0.2) is 19.9 Å². The summed E-state index contributed by atoms with van der Waals surface area (Å²) in [5, 5.41) is 9.76. The van der Waals surface area contributed by atoms with Crippen molar-refractivity contribution < 1.29 is 9.47 Å². The van der Waals surface area contributed by atoms with Gasteiger partial charge >= 0.3 is 0 Å². The van der Waals surface area contributed by atoms with Crippen LogP contribution in [0.3, 0.4) is 0 Å². The third-order valence-corrected chi connectivity index (χ3v) is 5.77. The van der Waals surface area contributed by atoms with Gasteiger partial charge in [0.05, 0.1) is 36.5 Å². The molecule has 138 valence electrons. The predicted octanol–water partition coefficient (Wildman–Crippen LogP) is 5.77. The fourth-order valence-electron chi connectivity index (χ4n) is 3.35. The number of hydrogen-bond acceptors (Lipinski definition) is 5. The van der Waals surface area contributed by atoms with Crippen molar-refractivity contribution in [2.24, 2.45) is 5.10 Å². The summed E-state index contributed by atoms with van der Waals surface area (Å²) in [5.74, 6) is 1.46. The van der Waals surface area contributed by atoms with E-state index >= 15 is 0 Å². The average molecular weight is 399 g/mol. The zero-order chi connectivity index (χ0) is 18.8. The van der Waals surface area contributed by atoms with Crippen LogP contribution in [0.4, 0.5) is 5.69 Å². The van der Waals surface area contributed by atoms with Gasteiger partial charge in [0.25, 0.3) is 0 Å². The minimum Gasteiger partial charge on any atom is -0.493 e. The second kappa shape index (κ2) is 7.62. The molecule has 0 aliphatic carbocycles. The zero-order valence-corrected chi connectivity index (χ0v) is 16.6. The van der Waals surface area contributed by atoms with Crippen molar-refractivity contribution >= 4 is 34.3 Å². The number of para-hydroxylation sites is 1. The van der Waals surface area contributed by atoms with E-state index in [4.69, 9.17) is 26.2 Å². The Hall–Kier alpha value is -2.50. The Morgan fingerprint density at radius 2 is 1.85 bits per heavy atom. The van der Waals surface area contributed by atoms with E-state index in [2.05, 4.69) is 23.6 Å². The Morgan fingerprint density at radius 3 is 2.52 bits per heavy atom. The molecule has 0 amide bonds. The second-order valence-corrected chi connectivity index (χ2v) is 7.53. The van der Waals surface area contributed by atoms with Crippen molar-refractivity contribution in [3.05, 3.63) is 75.4 Å². The van der Waals surface area contributed by atoms with Gasteiger partial charge in [-0.2, -0.15) is 5.10 Å². The standard InChI is InChI=1S/C21H19ClN2O2S/c1-25-19-6-3-5-16(21(19)26-2)18-13-17(20-7-4-12-27-20)23-24(18)15-10-8-14(22)9-11-15/h3-12,18H,13H2,1-2H3/t18-/m0/s1. The molecule has 2 aromatic carbocycles. The number of hydrazone groups is 1. The summed E-state index contributed by atoms with van der Waals surface area (Å²) < 4.78 is 11.2. The molecule has 0 saturated heterocycles. The smallest absolute Gasteiger partial charge is 0.166 e. The number of nitrogens with zero attached hydrogens (tertiary/aromatic N) is 2. The summed E-state index contributed by atoms with van der Waals surface area (Å²) >= 11 is 7.78. The van der Waals surface area contributed by atoms with Gasteiger partial charge in [0, 0.05) is 17.0 Å². The van der Waals surface area contributed by atoms with Gasteiger partial charge in [0.2, 0.25) is 0 Å². The molecular formula is C21H19ClN2O2S. The number of anilines is 1. The molecule has 3 aromatic rings. The molecule has 1 aromatic heterocycles. The molecule has 4 nitrogen and oxygen atoms in total. The van der Waals surface area contributed by atoms with E-state index in [0.29, 0.717) is 5.02 Å². The Labute approximate surface area is 167 Å². The van der Waals surface area contributed by atoms with Crippen LogP contribution in [0.25, 0.3) is 0 Å². The van der Waals surface area contributed by atoms with Crippen molar-refractivity contribution in [2.45, 2.75) is 12.5 Å². The summed E-state index contributed by atoms with van der Waals surface area (Å²) in [6.45, 7) is 0. The average Bonchev–Trinajstić information content (AvgIpc) is 3.37. The fraction of sp³-hybridized carbons (Fsp3) is 0.190. The van der Waals surface area contributed by atoms with E-state index in [9.17, 15) is 0 Å². The number of ether oxygens (including phenoxy) is 2. The van der Waals surface area contributed by atoms with Gasteiger partial charge in [-0.3, -0.25) is 5.01 Å². The van der Waals surface area contributed by atoms with E-state index in [-0.39, 0.29) is 6.04 Å². The van der Waals surface area contributed by atoms with Crippen LogP contribution >= 0.6 is 22.9 Å². The minimum atomic E-state index is 0.00771. The third kappa shape index (κ3) is 3.40. The van der Waals surface area contributed by atoms with Crippen LogP contribution in [0.5, 0.6) is 11.5 Å². The summed E-state index contributed by atoms with van der Waals surface area (Å²) in [6.07, 6.45) is 0.784. The van der Waals surface area contributed by atoms with Crippen LogP contribution in [0.1, 0.15) is 22.9 Å². The molecule has 2 heterocycles. The first-order valence-corrected chi connectivity index (χ1v) is 9.84. The monoisotopic (exact) mass is 398 g/mol. The molecule has 1 aliphatic rings. The lowest BCUT2D eigenvalue weighted by Crippen LogP contribution is -2.19. The number of halogens is 1. The maximum absolute atomic E-state index is 6.08. The van der Waals surface area contributed by atoms with Crippen molar-refractivity contribution in [1.82, 2.24) is 0 Å². The highest BCUT2D eigenvalue weighted by Gasteiger charge is 2.33. The molecule has 4 rings (SSSR count). The number of thiophene rings is 1. The first-order valence-electron chi connectivity index (χ1n) is 8.58. The lowest BCUT2D eigenvalue weighted by Gasteiger charge is -2.26. The highest BCUT2D eigenvalue weighted by molar-refractivity contribution is 7.12. The Morgan fingerprint density at radius 1 is 1.04 bits per heavy atom. The van der Waals surface area contributed by atoms with Gasteiger partial charge in [0.1, 0.15) is 0 Å². The van der Waals surface area contributed by atoms with Crippen molar-refractivity contribution in [2.75, 3.05) is 19.2 Å². The number of hydrogen-bond donors (Lipinski definition) is 0.